The standard InChI is InChI=1S/C17H29NO2S2/c19-16(13-20-17-9-5-11-22-17)18(12-15-8-4-10-21-15)14-6-2-1-3-7-14/h14-15,17H,1-13H2. The molecule has 3 aliphatic rings. The molecule has 22 heavy (non-hydrogen) atoms. The lowest BCUT2D eigenvalue weighted by molar-refractivity contribution is -0.139. The molecule has 3 rings (SSSR count). The normalized spacial score (nSPS) is 29.8. The highest BCUT2D eigenvalue weighted by Crippen LogP contribution is 2.31. The van der Waals surface area contributed by atoms with Crippen LogP contribution < -0.4 is 0 Å². The summed E-state index contributed by atoms with van der Waals surface area (Å²) >= 11 is 3.92. The van der Waals surface area contributed by atoms with E-state index in [0.29, 0.717) is 17.9 Å². The van der Waals surface area contributed by atoms with Gasteiger partial charge in [-0.2, -0.15) is 11.8 Å². The van der Waals surface area contributed by atoms with Gasteiger partial charge in [0.2, 0.25) is 5.91 Å². The van der Waals surface area contributed by atoms with Crippen molar-refractivity contribution in [2.75, 3.05) is 24.7 Å². The van der Waals surface area contributed by atoms with Crippen molar-refractivity contribution in [1.29, 1.82) is 0 Å². The van der Waals surface area contributed by atoms with Crippen LogP contribution in [0.15, 0.2) is 0 Å². The van der Waals surface area contributed by atoms with Crippen LogP contribution in [0.1, 0.15) is 57.8 Å². The number of nitrogens with zero attached hydrogens (tertiary/aromatic N) is 1. The Hall–Kier alpha value is 0.130. The smallest absolute Gasteiger partial charge is 0.248 e. The number of carbonyl (C=O) groups is 1. The van der Waals surface area contributed by atoms with Crippen molar-refractivity contribution < 1.29 is 9.53 Å². The topological polar surface area (TPSA) is 29.5 Å². The fourth-order valence-electron chi connectivity index (χ4n) is 3.78. The van der Waals surface area contributed by atoms with Crippen molar-refractivity contribution in [3.05, 3.63) is 0 Å². The molecule has 2 aliphatic heterocycles. The van der Waals surface area contributed by atoms with E-state index in [0.717, 1.165) is 13.0 Å². The molecular formula is C17H29NO2S2. The minimum Gasteiger partial charge on any atom is -0.358 e. The summed E-state index contributed by atoms with van der Waals surface area (Å²) in [7, 11) is 0. The second-order valence-corrected chi connectivity index (χ2v) is 9.40. The minimum absolute atomic E-state index is 0.242. The molecular weight excluding hydrogens is 314 g/mol. The van der Waals surface area contributed by atoms with Gasteiger partial charge in [-0.3, -0.25) is 4.79 Å². The number of amides is 1. The molecule has 126 valence electrons. The zero-order valence-corrected chi connectivity index (χ0v) is 15.1. The van der Waals surface area contributed by atoms with E-state index in [9.17, 15) is 4.79 Å². The highest BCUT2D eigenvalue weighted by atomic mass is 32.2. The van der Waals surface area contributed by atoms with Crippen molar-refractivity contribution in [2.24, 2.45) is 0 Å². The molecule has 2 atom stereocenters. The van der Waals surface area contributed by atoms with Crippen molar-refractivity contribution in [1.82, 2.24) is 4.90 Å². The number of thioether (sulfide) groups is 2. The predicted octanol–water partition coefficient (Wildman–Crippen LogP) is 3.91. The third kappa shape index (κ3) is 4.81. The van der Waals surface area contributed by atoms with E-state index >= 15 is 0 Å². The Morgan fingerprint density at radius 3 is 2.41 bits per heavy atom. The summed E-state index contributed by atoms with van der Waals surface area (Å²) < 4.78 is 5.87. The second-order valence-electron chi connectivity index (χ2n) is 6.73. The molecule has 1 saturated carbocycles. The van der Waals surface area contributed by atoms with Gasteiger partial charge in [0, 0.05) is 17.8 Å². The van der Waals surface area contributed by atoms with Crippen LogP contribution in [-0.4, -0.2) is 52.2 Å². The molecule has 0 aromatic heterocycles. The number of hydrogen-bond acceptors (Lipinski definition) is 4. The molecule has 0 aromatic carbocycles. The van der Waals surface area contributed by atoms with E-state index in [1.165, 1.54) is 62.9 Å². The molecule has 2 heterocycles. The maximum atomic E-state index is 12.8. The largest absolute Gasteiger partial charge is 0.358 e. The maximum Gasteiger partial charge on any atom is 0.248 e. The number of carbonyl (C=O) groups excluding carboxylic acids is 1. The Labute approximate surface area is 143 Å². The van der Waals surface area contributed by atoms with Crippen molar-refractivity contribution in [2.45, 2.75) is 74.5 Å². The maximum absolute atomic E-state index is 12.8. The fourth-order valence-corrected chi connectivity index (χ4v) is 6.14. The Bertz CT molecular complexity index is 349. The molecule has 0 N–H and O–H groups in total. The highest BCUT2D eigenvalue weighted by molar-refractivity contribution is 8.00. The summed E-state index contributed by atoms with van der Waals surface area (Å²) in [6.07, 6.45) is 11.2. The SMILES string of the molecule is O=C(COC1CCCS1)N(CC1CCCS1)C1CCCCC1. The molecule has 1 aliphatic carbocycles. The van der Waals surface area contributed by atoms with Crippen LogP contribution >= 0.6 is 23.5 Å². The Morgan fingerprint density at radius 1 is 0.955 bits per heavy atom. The first-order valence-corrected chi connectivity index (χ1v) is 11.1. The lowest BCUT2D eigenvalue weighted by atomic mass is 9.94. The van der Waals surface area contributed by atoms with Gasteiger partial charge in [0.05, 0.1) is 0 Å². The van der Waals surface area contributed by atoms with E-state index in [1.807, 2.05) is 11.8 Å². The van der Waals surface area contributed by atoms with Gasteiger partial charge < -0.3 is 9.64 Å². The molecule has 5 heteroatoms. The monoisotopic (exact) mass is 343 g/mol. The zero-order valence-electron chi connectivity index (χ0n) is 13.5. The first-order valence-electron chi connectivity index (χ1n) is 8.97. The Balaban J connectivity index is 1.54. The summed E-state index contributed by atoms with van der Waals surface area (Å²) in [6.45, 7) is 1.25. The van der Waals surface area contributed by atoms with Crippen LogP contribution in [0, 0.1) is 0 Å². The Kier molecular flexibility index (Phi) is 6.82. The predicted molar refractivity (Wildman–Crippen MR) is 95.5 cm³/mol. The van der Waals surface area contributed by atoms with Crippen molar-refractivity contribution in [3.8, 4) is 0 Å². The Morgan fingerprint density at radius 2 is 1.73 bits per heavy atom. The van der Waals surface area contributed by atoms with E-state index in [4.69, 9.17) is 4.74 Å². The van der Waals surface area contributed by atoms with Gasteiger partial charge in [-0.25, -0.2) is 0 Å². The average molecular weight is 344 g/mol. The van der Waals surface area contributed by atoms with Gasteiger partial charge >= 0.3 is 0 Å². The first kappa shape index (κ1) is 17.0. The number of rotatable bonds is 6. The summed E-state index contributed by atoms with van der Waals surface area (Å²) in [6, 6.07) is 0.474. The van der Waals surface area contributed by atoms with Gasteiger partial charge in [-0.15, -0.1) is 11.8 Å². The lowest BCUT2D eigenvalue weighted by Gasteiger charge is -2.36. The molecule has 0 bridgehead atoms. The molecule has 3 nitrogen and oxygen atoms in total. The zero-order chi connectivity index (χ0) is 15.2. The third-order valence-corrected chi connectivity index (χ3v) is 7.69. The average Bonchev–Trinajstić information content (AvgIpc) is 3.24. The van der Waals surface area contributed by atoms with Crippen LogP contribution in [0.3, 0.4) is 0 Å². The van der Waals surface area contributed by atoms with E-state index in [2.05, 4.69) is 16.7 Å². The molecule has 1 amide bonds. The van der Waals surface area contributed by atoms with Gasteiger partial charge in [0.1, 0.15) is 12.0 Å². The van der Waals surface area contributed by atoms with Crippen LogP contribution in [0.2, 0.25) is 0 Å². The molecule has 2 unspecified atom stereocenters. The lowest BCUT2D eigenvalue weighted by Crippen LogP contribution is -2.46. The fraction of sp³-hybridized carbons (Fsp3) is 0.941. The summed E-state index contributed by atoms with van der Waals surface area (Å²) in [5, 5.41) is 0.659. The summed E-state index contributed by atoms with van der Waals surface area (Å²) in [5.74, 6) is 2.70. The second kappa shape index (κ2) is 8.84. The van der Waals surface area contributed by atoms with Gasteiger partial charge in [-0.1, -0.05) is 19.3 Å². The summed E-state index contributed by atoms with van der Waals surface area (Å²) in [5.41, 5.74) is 0.262. The van der Waals surface area contributed by atoms with E-state index < -0.39 is 0 Å². The van der Waals surface area contributed by atoms with Crippen molar-refractivity contribution >= 4 is 29.4 Å². The van der Waals surface area contributed by atoms with Crippen LogP contribution in [-0.2, 0) is 9.53 Å². The molecule has 0 aromatic rings. The van der Waals surface area contributed by atoms with Crippen LogP contribution in [0.25, 0.3) is 0 Å². The number of ether oxygens (including phenoxy) is 1. The van der Waals surface area contributed by atoms with Crippen molar-refractivity contribution in [3.63, 3.8) is 0 Å². The van der Waals surface area contributed by atoms with Crippen LogP contribution in [0.4, 0.5) is 0 Å². The number of hydrogen-bond donors (Lipinski definition) is 0. The van der Waals surface area contributed by atoms with Gasteiger partial charge in [0.15, 0.2) is 0 Å². The van der Waals surface area contributed by atoms with E-state index in [-0.39, 0.29) is 11.3 Å². The van der Waals surface area contributed by atoms with E-state index in [1.54, 1.807) is 0 Å². The van der Waals surface area contributed by atoms with Gasteiger partial charge in [0.25, 0.3) is 0 Å². The molecule has 2 saturated heterocycles. The van der Waals surface area contributed by atoms with Gasteiger partial charge in [-0.05, 0) is 50.0 Å². The first-order chi connectivity index (χ1) is 10.8. The summed E-state index contributed by atoms with van der Waals surface area (Å²) in [4.78, 5) is 15.0. The third-order valence-electron chi connectivity index (χ3n) is 5.04. The molecule has 3 fully saturated rings. The molecule has 0 radical (unpaired) electrons. The minimum atomic E-state index is 0.242. The molecule has 0 spiro atoms. The van der Waals surface area contributed by atoms with Crippen LogP contribution in [0.5, 0.6) is 0 Å². The quantitative estimate of drug-likeness (QED) is 0.731. The highest BCUT2D eigenvalue weighted by Gasteiger charge is 2.30.